The molecule has 1 aromatic heterocycles. The molecule has 0 atom stereocenters. The number of pyridine rings is 1. The third-order valence-corrected chi connectivity index (χ3v) is 13.0. The average molecular weight is 1040 g/mol. The first-order valence-corrected chi connectivity index (χ1v) is 22.7. The molecule has 2 aliphatic rings. The number of ether oxygens (including phenoxy) is 1. The van der Waals surface area contributed by atoms with Crippen molar-refractivity contribution >= 4 is 11.4 Å². The van der Waals surface area contributed by atoms with Gasteiger partial charge in [-0.1, -0.05) is 158 Å². The molecule has 5 heteroatoms. The minimum atomic E-state index is -0.734. The molecule has 0 N–H and O–H groups in total. The van der Waals surface area contributed by atoms with Gasteiger partial charge in [0.05, 0.1) is 17.8 Å². The Kier molecular flexibility index (Phi) is 13.2. The van der Waals surface area contributed by atoms with E-state index in [4.69, 9.17) is 9.72 Å². The third kappa shape index (κ3) is 9.40. The largest absolute Gasteiger partial charge is 0.509 e. The molecule has 0 amide bonds. The number of allylic oxidation sites excluding steroid dienone is 1. The zero-order chi connectivity index (χ0) is 45.5. The Morgan fingerprint density at radius 1 is 0.538 bits per heavy atom. The number of hydrogen-bond acceptors (Lipinski definition) is 4. The quantitative estimate of drug-likeness (QED) is 0.155. The Morgan fingerprint density at radius 2 is 1.06 bits per heavy atom. The first-order valence-electron chi connectivity index (χ1n) is 22.7. The van der Waals surface area contributed by atoms with Crippen molar-refractivity contribution in [2.75, 3.05) is 16.5 Å². The van der Waals surface area contributed by atoms with Gasteiger partial charge in [0.25, 0.3) is 0 Å². The summed E-state index contributed by atoms with van der Waals surface area (Å²) >= 11 is 0. The van der Waals surface area contributed by atoms with Crippen LogP contribution < -0.4 is 14.5 Å². The summed E-state index contributed by atoms with van der Waals surface area (Å²) in [4.78, 5) is 9.95. The summed E-state index contributed by atoms with van der Waals surface area (Å²) in [5.41, 5.74) is 14.6. The van der Waals surface area contributed by atoms with E-state index in [2.05, 4.69) is 223 Å². The van der Waals surface area contributed by atoms with Crippen molar-refractivity contribution in [1.29, 1.82) is 0 Å². The monoisotopic (exact) mass is 1040 g/mol. The second-order valence-corrected chi connectivity index (χ2v) is 23.0. The van der Waals surface area contributed by atoms with Crippen molar-refractivity contribution < 1.29 is 25.8 Å². The normalized spacial score (nSPS) is 14.8. The molecule has 0 spiro atoms. The molecule has 65 heavy (non-hydrogen) atoms. The fourth-order valence-corrected chi connectivity index (χ4v) is 9.13. The number of aromatic nitrogens is 1. The Morgan fingerprint density at radius 3 is 1.55 bits per heavy atom. The van der Waals surface area contributed by atoms with E-state index >= 15 is 0 Å². The van der Waals surface area contributed by atoms with E-state index < -0.39 is 5.41 Å². The van der Waals surface area contributed by atoms with Crippen LogP contribution in [0.3, 0.4) is 0 Å². The van der Waals surface area contributed by atoms with E-state index in [9.17, 15) is 0 Å². The Labute approximate surface area is 406 Å². The average Bonchev–Trinajstić information content (AvgIpc) is 3.79. The molecule has 4 nitrogen and oxygen atoms in total. The van der Waals surface area contributed by atoms with E-state index in [0.29, 0.717) is 18.2 Å². The number of benzene rings is 5. The summed E-state index contributed by atoms with van der Waals surface area (Å²) in [6.07, 6.45) is 4.25. The number of hydrogen-bond donors (Lipinski definition) is 0. The van der Waals surface area contributed by atoms with Crippen molar-refractivity contribution in [3.63, 3.8) is 0 Å². The molecule has 2 heterocycles. The number of nitrogens with zero attached hydrogens (tertiary/aromatic N) is 3. The van der Waals surface area contributed by atoms with Crippen LogP contribution >= 0.6 is 0 Å². The van der Waals surface area contributed by atoms with Gasteiger partial charge >= 0.3 is 0 Å². The van der Waals surface area contributed by atoms with Gasteiger partial charge in [-0.05, 0) is 90.4 Å². The molecular formula is C60H70N3OPt-3. The van der Waals surface area contributed by atoms with E-state index in [-0.39, 0.29) is 55.6 Å². The van der Waals surface area contributed by atoms with Crippen LogP contribution in [0.2, 0.25) is 0 Å². The molecule has 0 radical (unpaired) electrons. The fraction of sp³-hybridized carbons (Fsp3) is 0.367. The minimum Gasteiger partial charge on any atom is -0.509 e. The minimum absolute atomic E-state index is 0. The van der Waals surface area contributed by atoms with E-state index in [0.717, 1.165) is 16.9 Å². The Balaban J connectivity index is 0.00000350. The first-order chi connectivity index (χ1) is 29.3. The molecule has 1 aliphatic heterocycles. The van der Waals surface area contributed by atoms with Gasteiger partial charge in [0.15, 0.2) is 0 Å². The van der Waals surface area contributed by atoms with Gasteiger partial charge in [0, 0.05) is 61.8 Å². The summed E-state index contributed by atoms with van der Waals surface area (Å²) in [6, 6.07) is 47.6. The second-order valence-electron chi connectivity index (χ2n) is 23.0. The molecule has 344 valence electrons. The van der Waals surface area contributed by atoms with Gasteiger partial charge in [0.1, 0.15) is 0 Å². The van der Waals surface area contributed by atoms with Gasteiger partial charge < -0.3 is 22.0 Å². The smallest absolute Gasteiger partial charge is 0.0969 e. The molecule has 0 unspecified atom stereocenters. The standard InChI is InChI=1S/C59H67N3O.CH3.Pt/c1-54(2,3)39-25-27-48-49-28-26-40(55(4,5)6)35-51(49)59(50(48)34-39,52-24-16-17-29-60-52)41-20-18-22-46(33-41)63-47-23-19-21-44(36-47)62-38-61(37-53(62)58(13,14)15)45-31-42(56(7,8)9)30-43(32-45)57(10,11)12;;/h16-32,34-35,37H,38H2,1-15H3;1H3;/q-2;-1;. The Hall–Kier alpha value is -4.92. The van der Waals surface area contributed by atoms with Crippen LogP contribution in [0.25, 0.3) is 11.1 Å². The predicted molar refractivity (Wildman–Crippen MR) is 271 cm³/mol. The molecule has 0 fully saturated rings. The number of fused-ring (bicyclic) bond motifs is 3. The number of rotatable bonds is 6. The van der Waals surface area contributed by atoms with Gasteiger partial charge in [-0.25, -0.2) is 0 Å². The molecule has 0 bridgehead atoms. The van der Waals surface area contributed by atoms with Gasteiger partial charge in [-0.2, -0.15) is 18.2 Å². The SMILES string of the molecule is CC(C)(C)C1=CN(c2cc(C(C)(C)C)cc(C(C)(C)C)c2)CN1c1[c-]c(Oc2[c-]c(C3(c4ccccn4)c4cc(C(C)(C)C)ccc4-c4ccc(C(C)(C)C)cc43)ccc2)ccc1.[CH3-].[Pt]. The predicted octanol–water partition coefficient (Wildman–Crippen LogP) is 15.6. The van der Waals surface area contributed by atoms with Crippen molar-refractivity contribution in [3.8, 4) is 22.6 Å². The van der Waals surface area contributed by atoms with E-state index in [1.165, 1.54) is 55.9 Å². The summed E-state index contributed by atoms with van der Waals surface area (Å²) in [6.45, 7) is 35.1. The van der Waals surface area contributed by atoms with Crippen molar-refractivity contribution in [2.24, 2.45) is 5.41 Å². The van der Waals surface area contributed by atoms with Crippen LogP contribution in [-0.2, 0) is 48.1 Å². The van der Waals surface area contributed by atoms with Crippen LogP contribution in [0.4, 0.5) is 11.4 Å². The van der Waals surface area contributed by atoms with Crippen molar-refractivity contribution in [1.82, 2.24) is 4.98 Å². The summed E-state index contributed by atoms with van der Waals surface area (Å²) in [5, 5.41) is 0. The molecule has 1 aliphatic carbocycles. The zero-order valence-electron chi connectivity index (χ0n) is 41.8. The molecule has 0 saturated heterocycles. The van der Waals surface area contributed by atoms with Crippen molar-refractivity contribution in [3.05, 3.63) is 191 Å². The molecule has 0 saturated carbocycles. The summed E-state index contributed by atoms with van der Waals surface area (Å²) < 4.78 is 6.84. The first kappa shape index (κ1) is 49.5. The van der Waals surface area contributed by atoms with Crippen LogP contribution in [-0.4, -0.2) is 11.7 Å². The summed E-state index contributed by atoms with van der Waals surface area (Å²) in [7, 11) is 0. The molecule has 6 aromatic rings. The van der Waals surface area contributed by atoms with Crippen LogP contribution in [0.15, 0.2) is 127 Å². The van der Waals surface area contributed by atoms with Gasteiger partial charge in [-0.15, -0.1) is 35.9 Å². The molecule has 8 rings (SSSR count). The van der Waals surface area contributed by atoms with E-state index in [1.54, 1.807) is 0 Å². The van der Waals surface area contributed by atoms with Gasteiger partial charge in [0.2, 0.25) is 0 Å². The zero-order valence-corrected chi connectivity index (χ0v) is 44.1. The fourth-order valence-electron chi connectivity index (χ4n) is 9.13. The van der Waals surface area contributed by atoms with Crippen LogP contribution in [0.1, 0.15) is 148 Å². The maximum Gasteiger partial charge on any atom is 0.0969 e. The topological polar surface area (TPSA) is 28.6 Å². The number of anilines is 2. The van der Waals surface area contributed by atoms with Crippen LogP contribution in [0.5, 0.6) is 11.5 Å². The van der Waals surface area contributed by atoms with Gasteiger partial charge in [-0.3, -0.25) is 4.98 Å². The third-order valence-electron chi connectivity index (χ3n) is 13.0. The Bertz CT molecular complexity index is 2620. The second kappa shape index (κ2) is 17.4. The van der Waals surface area contributed by atoms with Crippen LogP contribution in [0, 0.1) is 25.0 Å². The van der Waals surface area contributed by atoms with E-state index in [1.807, 2.05) is 24.4 Å². The summed E-state index contributed by atoms with van der Waals surface area (Å²) in [5.74, 6) is 1.27. The molecule has 5 aromatic carbocycles. The maximum atomic E-state index is 6.84. The molecular weight excluding hydrogens is 974 g/mol. The maximum absolute atomic E-state index is 6.84. The van der Waals surface area contributed by atoms with Crippen molar-refractivity contribution in [2.45, 2.75) is 131 Å².